The van der Waals surface area contributed by atoms with Crippen LogP contribution < -0.4 is 5.73 Å². The molecule has 18 heavy (non-hydrogen) atoms. The van der Waals surface area contributed by atoms with Gasteiger partial charge in [0.25, 0.3) is 0 Å². The third-order valence-electron chi connectivity index (χ3n) is 3.70. The molecule has 0 saturated carbocycles. The summed E-state index contributed by atoms with van der Waals surface area (Å²) < 4.78 is 0. The van der Waals surface area contributed by atoms with Crippen LogP contribution in [0.2, 0.25) is 0 Å². The van der Waals surface area contributed by atoms with E-state index < -0.39 is 0 Å². The van der Waals surface area contributed by atoms with Gasteiger partial charge in [0.05, 0.1) is 0 Å². The molecule has 2 rings (SSSR count). The fraction of sp³-hybridized carbons (Fsp3) is 0.600. The van der Waals surface area contributed by atoms with Gasteiger partial charge in [-0.3, -0.25) is 0 Å². The van der Waals surface area contributed by atoms with Crippen LogP contribution in [0.3, 0.4) is 0 Å². The molecular formula is C15H24N2S. The standard InChI is InChI=1S/C15H24N2S/c1-2-18-15-5-3-13(4-6-15)14-7-10-17(11-8-14)12-9-16/h3-6,14H,2,7-12,16H2,1H3. The molecule has 100 valence electrons. The molecule has 0 atom stereocenters. The highest BCUT2D eigenvalue weighted by atomic mass is 32.2. The summed E-state index contributed by atoms with van der Waals surface area (Å²) in [6.07, 6.45) is 2.56. The fourth-order valence-corrected chi connectivity index (χ4v) is 3.34. The lowest BCUT2D eigenvalue weighted by atomic mass is 9.89. The predicted molar refractivity (Wildman–Crippen MR) is 80.3 cm³/mol. The number of piperidine rings is 1. The van der Waals surface area contributed by atoms with E-state index in [1.54, 1.807) is 0 Å². The number of hydrogen-bond donors (Lipinski definition) is 1. The van der Waals surface area contributed by atoms with E-state index in [2.05, 4.69) is 36.1 Å². The quantitative estimate of drug-likeness (QED) is 0.829. The maximum atomic E-state index is 5.61. The Balaban J connectivity index is 1.89. The summed E-state index contributed by atoms with van der Waals surface area (Å²) in [6.45, 7) is 6.44. The van der Waals surface area contributed by atoms with Crippen molar-refractivity contribution in [1.29, 1.82) is 0 Å². The minimum Gasteiger partial charge on any atom is -0.329 e. The molecule has 2 N–H and O–H groups in total. The Bertz CT molecular complexity index is 342. The largest absolute Gasteiger partial charge is 0.329 e. The molecule has 1 heterocycles. The van der Waals surface area contributed by atoms with Crippen molar-refractivity contribution < 1.29 is 0 Å². The van der Waals surface area contributed by atoms with E-state index in [4.69, 9.17) is 5.73 Å². The van der Waals surface area contributed by atoms with Crippen molar-refractivity contribution in [3.05, 3.63) is 29.8 Å². The minimum atomic E-state index is 0.750. The zero-order valence-corrected chi connectivity index (χ0v) is 12.1. The van der Waals surface area contributed by atoms with Crippen molar-refractivity contribution in [2.75, 3.05) is 31.9 Å². The Morgan fingerprint density at radius 1 is 1.22 bits per heavy atom. The molecule has 0 spiro atoms. The second-order valence-corrected chi connectivity index (χ2v) is 6.24. The van der Waals surface area contributed by atoms with Crippen molar-refractivity contribution in [2.45, 2.75) is 30.6 Å². The third kappa shape index (κ3) is 3.74. The van der Waals surface area contributed by atoms with Gasteiger partial charge in [-0.1, -0.05) is 19.1 Å². The molecule has 2 nitrogen and oxygen atoms in total. The fourth-order valence-electron chi connectivity index (χ4n) is 2.68. The highest BCUT2D eigenvalue weighted by Crippen LogP contribution is 2.29. The van der Waals surface area contributed by atoms with Gasteiger partial charge in [0, 0.05) is 18.0 Å². The average molecular weight is 264 g/mol. The molecule has 1 aliphatic heterocycles. The lowest BCUT2D eigenvalue weighted by molar-refractivity contribution is 0.218. The van der Waals surface area contributed by atoms with Crippen molar-refractivity contribution in [3.63, 3.8) is 0 Å². The third-order valence-corrected chi connectivity index (χ3v) is 4.59. The first-order chi connectivity index (χ1) is 8.83. The summed E-state index contributed by atoms with van der Waals surface area (Å²) in [4.78, 5) is 3.87. The molecule has 0 aliphatic carbocycles. The number of thioether (sulfide) groups is 1. The lowest BCUT2D eigenvalue weighted by Crippen LogP contribution is -2.36. The van der Waals surface area contributed by atoms with Gasteiger partial charge in [0.15, 0.2) is 0 Å². The molecule has 1 aromatic carbocycles. The van der Waals surface area contributed by atoms with Crippen molar-refractivity contribution in [1.82, 2.24) is 4.90 Å². The lowest BCUT2D eigenvalue weighted by Gasteiger charge is -2.31. The average Bonchev–Trinajstić information content (AvgIpc) is 2.41. The molecule has 0 radical (unpaired) electrons. The van der Waals surface area contributed by atoms with Crippen LogP contribution in [0.25, 0.3) is 0 Å². The van der Waals surface area contributed by atoms with Gasteiger partial charge in [-0.25, -0.2) is 0 Å². The Labute approximate surface area is 115 Å². The first-order valence-corrected chi connectivity index (χ1v) is 7.97. The second-order valence-electron chi connectivity index (χ2n) is 4.91. The number of likely N-dealkylation sites (tertiary alicyclic amines) is 1. The first-order valence-electron chi connectivity index (χ1n) is 6.98. The van der Waals surface area contributed by atoms with Crippen LogP contribution in [0.5, 0.6) is 0 Å². The molecule has 0 aromatic heterocycles. The Morgan fingerprint density at radius 3 is 2.44 bits per heavy atom. The van der Waals surface area contributed by atoms with Gasteiger partial charge in [0.1, 0.15) is 0 Å². The van der Waals surface area contributed by atoms with Gasteiger partial charge >= 0.3 is 0 Å². The van der Waals surface area contributed by atoms with E-state index in [-0.39, 0.29) is 0 Å². The SMILES string of the molecule is CCSc1ccc(C2CCN(CCN)CC2)cc1. The Morgan fingerprint density at radius 2 is 1.89 bits per heavy atom. The monoisotopic (exact) mass is 264 g/mol. The number of nitrogens with zero attached hydrogens (tertiary/aromatic N) is 1. The van der Waals surface area contributed by atoms with Crippen molar-refractivity contribution in [3.8, 4) is 0 Å². The van der Waals surface area contributed by atoms with Crippen LogP contribution in [0.1, 0.15) is 31.2 Å². The number of rotatable bonds is 5. The summed E-state index contributed by atoms with van der Waals surface area (Å²) in [5, 5.41) is 0. The zero-order valence-electron chi connectivity index (χ0n) is 11.3. The zero-order chi connectivity index (χ0) is 12.8. The second kappa shape index (κ2) is 7.17. The van der Waals surface area contributed by atoms with E-state index in [0.29, 0.717) is 0 Å². The van der Waals surface area contributed by atoms with E-state index >= 15 is 0 Å². The van der Waals surface area contributed by atoms with Crippen LogP contribution in [0.15, 0.2) is 29.2 Å². The summed E-state index contributed by atoms with van der Waals surface area (Å²) in [7, 11) is 0. The minimum absolute atomic E-state index is 0.750. The molecular weight excluding hydrogens is 240 g/mol. The van der Waals surface area contributed by atoms with Gasteiger partial charge in [-0.2, -0.15) is 0 Å². The van der Waals surface area contributed by atoms with Crippen LogP contribution >= 0.6 is 11.8 Å². The van der Waals surface area contributed by atoms with Gasteiger partial charge in [-0.15, -0.1) is 11.8 Å². The summed E-state index contributed by atoms with van der Waals surface area (Å²) >= 11 is 1.92. The first kappa shape index (κ1) is 13.9. The van der Waals surface area contributed by atoms with Crippen molar-refractivity contribution in [2.24, 2.45) is 5.73 Å². The summed E-state index contributed by atoms with van der Waals surface area (Å²) in [6, 6.07) is 9.19. The molecule has 0 bridgehead atoms. The van der Waals surface area contributed by atoms with E-state index in [1.807, 2.05) is 11.8 Å². The van der Waals surface area contributed by atoms with Gasteiger partial charge in [-0.05, 0) is 55.3 Å². The molecule has 0 amide bonds. The maximum absolute atomic E-state index is 5.61. The van der Waals surface area contributed by atoms with E-state index in [0.717, 1.165) is 24.8 Å². The Hall–Kier alpha value is -0.510. The molecule has 1 aromatic rings. The Kier molecular flexibility index (Phi) is 5.54. The van der Waals surface area contributed by atoms with Crippen LogP contribution in [0.4, 0.5) is 0 Å². The number of benzene rings is 1. The molecule has 3 heteroatoms. The summed E-state index contributed by atoms with van der Waals surface area (Å²) in [5.41, 5.74) is 7.12. The number of hydrogen-bond acceptors (Lipinski definition) is 3. The molecule has 1 saturated heterocycles. The predicted octanol–water partition coefficient (Wildman–Crippen LogP) is 2.94. The van der Waals surface area contributed by atoms with Crippen molar-refractivity contribution >= 4 is 11.8 Å². The maximum Gasteiger partial charge on any atom is 0.0105 e. The summed E-state index contributed by atoms with van der Waals surface area (Å²) in [5.74, 6) is 1.90. The van der Waals surface area contributed by atoms with Crippen LogP contribution in [0, 0.1) is 0 Å². The number of nitrogens with two attached hydrogens (primary N) is 1. The highest BCUT2D eigenvalue weighted by Gasteiger charge is 2.19. The van der Waals surface area contributed by atoms with E-state index in [9.17, 15) is 0 Å². The van der Waals surface area contributed by atoms with Crippen LogP contribution in [-0.2, 0) is 0 Å². The smallest absolute Gasteiger partial charge is 0.0105 e. The highest BCUT2D eigenvalue weighted by molar-refractivity contribution is 7.99. The van der Waals surface area contributed by atoms with E-state index in [1.165, 1.54) is 36.4 Å². The van der Waals surface area contributed by atoms with Crippen LogP contribution in [-0.4, -0.2) is 36.8 Å². The molecule has 1 aliphatic rings. The molecule has 0 unspecified atom stereocenters. The normalized spacial score (nSPS) is 18.1. The van der Waals surface area contributed by atoms with Gasteiger partial charge < -0.3 is 10.6 Å². The topological polar surface area (TPSA) is 29.3 Å². The van der Waals surface area contributed by atoms with Gasteiger partial charge in [0.2, 0.25) is 0 Å². The molecule has 1 fully saturated rings.